The first kappa shape index (κ1) is 90.8. The Bertz CT molecular complexity index is 1550. The van der Waals surface area contributed by atoms with Crippen molar-refractivity contribution < 1.29 is 24.5 Å². The minimum atomic E-state index is -0.844. The van der Waals surface area contributed by atoms with Crippen molar-refractivity contribution in [2.24, 2.45) is 0 Å². The van der Waals surface area contributed by atoms with Crippen LogP contribution in [-0.2, 0) is 14.3 Å². The molecule has 0 aliphatic rings. The Balaban J connectivity index is 3.38. The monoisotopic (exact) mass is 1300 g/mol. The number of esters is 1. The number of allylic oxidation sites excluding steroid dienone is 7. The molecule has 93 heavy (non-hydrogen) atoms. The van der Waals surface area contributed by atoms with Crippen molar-refractivity contribution in [1.29, 1.82) is 0 Å². The molecule has 0 aromatic heterocycles. The number of aliphatic hydroxyl groups is 2. The second-order valence-electron chi connectivity index (χ2n) is 29.2. The first-order chi connectivity index (χ1) is 46.0. The van der Waals surface area contributed by atoms with E-state index in [1.807, 2.05) is 6.08 Å². The molecule has 2 atom stereocenters. The highest BCUT2D eigenvalue weighted by Crippen LogP contribution is 2.20. The number of carbonyl (C=O) groups is 2. The first-order valence-corrected chi connectivity index (χ1v) is 42.4. The van der Waals surface area contributed by atoms with Gasteiger partial charge in [0, 0.05) is 12.8 Å². The number of nitrogens with one attached hydrogen (secondary N) is 1. The van der Waals surface area contributed by atoms with Crippen LogP contribution in [0.2, 0.25) is 0 Å². The molecule has 0 heterocycles. The summed E-state index contributed by atoms with van der Waals surface area (Å²) in [4.78, 5) is 24.6. The standard InChI is InChI=1S/C87H165NO5/c1-3-5-7-9-11-13-15-17-19-20-21-22-40-43-46-49-52-55-59-63-67-71-75-79-85(90)84(83-89)88-86(91)80-76-72-68-64-60-56-53-50-47-44-41-38-36-34-32-30-28-26-24-23-25-27-29-31-33-35-37-39-42-45-48-51-54-58-62-66-70-74-78-82-93-87(92)81-77-73-69-65-61-57-18-16-14-12-10-8-6-4-2/h16,18,23-24,27,29,75,79,84-85,89-90H,3-15,17,19-22,25-26,28,30-74,76-78,80-83H2,1-2H3,(H,88,91)/b18-16-,24-23-,29-27-,79-75+. The Kier molecular flexibility index (Phi) is 80.3. The maximum absolute atomic E-state index is 12.6. The van der Waals surface area contributed by atoms with E-state index in [-0.39, 0.29) is 18.5 Å². The third-order valence-corrected chi connectivity index (χ3v) is 19.8. The fourth-order valence-corrected chi connectivity index (χ4v) is 13.4. The highest BCUT2D eigenvalue weighted by Gasteiger charge is 2.18. The van der Waals surface area contributed by atoms with Gasteiger partial charge in [-0.25, -0.2) is 0 Å². The summed E-state index contributed by atoms with van der Waals surface area (Å²) >= 11 is 0. The largest absolute Gasteiger partial charge is 0.466 e. The molecular weight excluding hydrogens is 1140 g/mol. The third kappa shape index (κ3) is 78.7. The average Bonchev–Trinajstić information content (AvgIpc) is 3.78. The van der Waals surface area contributed by atoms with Gasteiger partial charge in [0.25, 0.3) is 0 Å². The molecule has 0 saturated heterocycles. The van der Waals surface area contributed by atoms with Gasteiger partial charge < -0.3 is 20.3 Å². The molecule has 0 aromatic rings. The summed E-state index contributed by atoms with van der Waals surface area (Å²) in [5.74, 6) is -0.0479. The van der Waals surface area contributed by atoms with Gasteiger partial charge in [0.15, 0.2) is 0 Å². The van der Waals surface area contributed by atoms with Crippen LogP contribution >= 0.6 is 0 Å². The summed E-state index contributed by atoms with van der Waals surface area (Å²) in [6.45, 7) is 4.94. The van der Waals surface area contributed by atoms with E-state index >= 15 is 0 Å². The highest BCUT2D eigenvalue weighted by molar-refractivity contribution is 5.76. The van der Waals surface area contributed by atoms with E-state index in [2.05, 4.69) is 55.6 Å². The van der Waals surface area contributed by atoms with Crippen LogP contribution in [0.1, 0.15) is 470 Å². The van der Waals surface area contributed by atoms with E-state index in [0.29, 0.717) is 19.4 Å². The van der Waals surface area contributed by atoms with Crippen molar-refractivity contribution in [2.75, 3.05) is 13.2 Å². The van der Waals surface area contributed by atoms with Gasteiger partial charge in [-0.15, -0.1) is 0 Å². The second kappa shape index (κ2) is 82.2. The van der Waals surface area contributed by atoms with Crippen LogP contribution in [0.15, 0.2) is 48.6 Å². The lowest BCUT2D eigenvalue weighted by atomic mass is 10.0. The maximum atomic E-state index is 12.6. The number of carbonyl (C=O) groups excluding carboxylic acids is 2. The number of ether oxygens (including phenoxy) is 1. The third-order valence-electron chi connectivity index (χ3n) is 19.8. The summed E-state index contributed by atoms with van der Waals surface area (Å²) in [6, 6.07) is -0.627. The molecule has 0 bridgehead atoms. The van der Waals surface area contributed by atoms with Crippen LogP contribution in [0, 0.1) is 0 Å². The Morgan fingerprint density at radius 1 is 0.301 bits per heavy atom. The molecule has 0 aliphatic heterocycles. The van der Waals surface area contributed by atoms with Crippen LogP contribution in [0.4, 0.5) is 0 Å². The van der Waals surface area contributed by atoms with Crippen LogP contribution in [-0.4, -0.2) is 47.4 Å². The molecule has 2 unspecified atom stereocenters. The van der Waals surface area contributed by atoms with Gasteiger partial charge in [-0.3, -0.25) is 9.59 Å². The fourth-order valence-electron chi connectivity index (χ4n) is 13.4. The smallest absolute Gasteiger partial charge is 0.305 e. The van der Waals surface area contributed by atoms with E-state index in [9.17, 15) is 19.8 Å². The van der Waals surface area contributed by atoms with Gasteiger partial charge >= 0.3 is 5.97 Å². The van der Waals surface area contributed by atoms with Crippen LogP contribution < -0.4 is 5.32 Å². The zero-order chi connectivity index (χ0) is 67.0. The normalized spacial score (nSPS) is 12.7. The predicted octanol–water partition coefficient (Wildman–Crippen LogP) is 28.3. The van der Waals surface area contributed by atoms with Gasteiger partial charge in [-0.2, -0.15) is 0 Å². The number of aliphatic hydroxyl groups excluding tert-OH is 2. The van der Waals surface area contributed by atoms with Crippen molar-refractivity contribution in [1.82, 2.24) is 5.32 Å². The molecular formula is C87H165NO5. The number of rotatable bonds is 80. The number of hydrogen-bond donors (Lipinski definition) is 3. The molecule has 0 aliphatic carbocycles. The maximum Gasteiger partial charge on any atom is 0.305 e. The molecule has 3 N–H and O–H groups in total. The van der Waals surface area contributed by atoms with Crippen molar-refractivity contribution >= 4 is 11.9 Å². The molecule has 0 saturated carbocycles. The van der Waals surface area contributed by atoms with Crippen LogP contribution in [0.5, 0.6) is 0 Å². The molecule has 548 valence electrons. The van der Waals surface area contributed by atoms with E-state index < -0.39 is 12.1 Å². The van der Waals surface area contributed by atoms with Gasteiger partial charge in [0.2, 0.25) is 5.91 Å². The topological polar surface area (TPSA) is 95.9 Å². The molecule has 0 rings (SSSR count). The summed E-state index contributed by atoms with van der Waals surface area (Å²) < 4.78 is 5.49. The number of hydrogen-bond acceptors (Lipinski definition) is 5. The van der Waals surface area contributed by atoms with Crippen LogP contribution in [0.25, 0.3) is 0 Å². The zero-order valence-electron chi connectivity index (χ0n) is 63.0. The molecule has 0 fully saturated rings. The summed E-state index contributed by atoms with van der Waals surface area (Å²) in [7, 11) is 0. The van der Waals surface area contributed by atoms with Crippen molar-refractivity contribution in [3.05, 3.63) is 48.6 Å². The highest BCUT2D eigenvalue weighted by atomic mass is 16.5. The second-order valence-corrected chi connectivity index (χ2v) is 29.2. The average molecular weight is 1310 g/mol. The molecule has 0 aromatic carbocycles. The summed E-state index contributed by atoms with van der Waals surface area (Å²) in [5, 5.41) is 23.3. The lowest BCUT2D eigenvalue weighted by Crippen LogP contribution is -2.45. The molecule has 6 nitrogen and oxygen atoms in total. The Labute approximate surface area is 582 Å². The van der Waals surface area contributed by atoms with E-state index in [1.54, 1.807) is 6.08 Å². The molecule has 0 spiro atoms. The van der Waals surface area contributed by atoms with Gasteiger partial charge in [-0.1, -0.05) is 416 Å². The minimum absolute atomic E-state index is 0.0121. The molecule has 0 radical (unpaired) electrons. The lowest BCUT2D eigenvalue weighted by Gasteiger charge is -2.20. The van der Waals surface area contributed by atoms with Crippen LogP contribution in [0.3, 0.4) is 0 Å². The van der Waals surface area contributed by atoms with E-state index in [1.165, 1.54) is 392 Å². The minimum Gasteiger partial charge on any atom is -0.466 e. The quantitative estimate of drug-likeness (QED) is 0.0320. The molecule has 1 amide bonds. The predicted molar refractivity (Wildman–Crippen MR) is 412 cm³/mol. The number of amides is 1. The zero-order valence-corrected chi connectivity index (χ0v) is 63.0. The van der Waals surface area contributed by atoms with Crippen molar-refractivity contribution in [2.45, 2.75) is 482 Å². The van der Waals surface area contributed by atoms with Crippen molar-refractivity contribution in [3.8, 4) is 0 Å². The van der Waals surface area contributed by atoms with Crippen molar-refractivity contribution in [3.63, 3.8) is 0 Å². The Morgan fingerprint density at radius 2 is 0.538 bits per heavy atom. The van der Waals surface area contributed by atoms with Gasteiger partial charge in [-0.05, 0) is 89.9 Å². The van der Waals surface area contributed by atoms with E-state index in [4.69, 9.17) is 4.74 Å². The van der Waals surface area contributed by atoms with E-state index in [0.717, 1.165) is 51.4 Å². The summed E-state index contributed by atoms with van der Waals surface area (Å²) in [5.41, 5.74) is 0. The first-order valence-electron chi connectivity index (χ1n) is 42.4. The Morgan fingerprint density at radius 3 is 0.828 bits per heavy atom. The van der Waals surface area contributed by atoms with Gasteiger partial charge in [0.05, 0.1) is 25.4 Å². The Hall–Kier alpha value is -2.18. The number of unbranched alkanes of at least 4 members (excludes halogenated alkanes) is 63. The van der Waals surface area contributed by atoms with Gasteiger partial charge in [0.1, 0.15) is 0 Å². The molecule has 6 heteroatoms. The SMILES string of the molecule is CCCCCCC/C=C\CCCCCCCC(=O)OCCCCCCCCCCCCCCCCC/C=C\C/C=C\CCCCCCCCCCCCCCCCCCCC(=O)NC(CO)C(O)/C=C/CCCCCCCCCCCCCCCCCCCCCCC. The fraction of sp³-hybridized carbons (Fsp3) is 0.885. The lowest BCUT2D eigenvalue weighted by molar-refractivity contribution is -0.143. The summed E-state index contributed by atoms with van der Waals surface area (Å²) in [6.07, 6.45) is 110.